The van der Waals surface area contributed by atoms with Gasteiger partial charge in [-0.25, -0.2) is 4.79 Å². The van der Waals surface area contributed by atoms with Crippen molar-refractivity contribution in [3.8, 4) is 0 Å². The van der Waals surface area contributed by atoms with Crippen LogP contribution in [0.3, 0.4) is 0 Å². The fraction of sp³-hybridized carbons (Fsp3) is 0.562. The van der Waals surface area contributed by atoms with Crippen LogP contribution in [0.25, 0.3) is 0 Å². The normalized spacial score (nSPS) is 15.8. The zero-order valence-corrected chi connectivity index (χ0v) is 12.2. The second-order valence-corrected chi connectivity index (χ2v) is 5.26. The molecule has 2 rings (SSSR count). The number of benzene rings is 1. The highest BCUT2D eigenvalue weighted by atomic mass is 16.5. The summed E-state index contributed by atoms with van der Waals surface area (Å²) in [4.78, 5) is 11.5. The van der Waals surface area contributed by atoms with Gasteiger partial charge < -0.3 is 10.1 Å². The van der Waals surface area contributed by atoms with Gasteiger partial charge in [0, 0.05) is 5.69 Å². The minimum absolute atomic E-state index is 0.368. The lowest BCUT2D eigenvalue weighted by Gasteiger charge is -2.23. The third-order valence-electron chi connectivity index (χ3n) is 3.70. The lowest BCUT2D eigenvalue weighted by molar-refractivity contribution is 0.160. The number of carbonyl (C=O) groups excluding carboxylic acids is 1. The van der Waals surface area contributed by atoms with E-state index in [1.165, 1.54) is 18.4 Å². The van der Waals surface area contributed by atoms with Crippen molar-refractivity contribution in [1.29, 1.82) is 0 Å². The van der Waals surface area contributed by atoms with Crippen molar-refractivity contribution in [2.24, 2.45) is 0 Å². The molecule has 110 valence electrons. The molecule has 1 aliphatic rings. The number of anilines is 1. The summed E-state index contributed by atoms with van der Waals surface area (Å²) in [7, 11) is 0. The lowest BCUT2D eigenvalue weighted by Crippen LogP contribution is -2.26. The molecule has 1 aromatic rings. The van der Waals surface area contributed by atoms with Crippen LogP contribution in [0.4, 0.5) is 10.5 Å². The van der Waals surface area contributed by atoms with E-state index in [-0.39, 0.29) is 6.09 Å². The number of unbranched alkanes of at least 4 members (excludes halogenated alkanes) is 1. The molecule has 0 aromatic heterocycles. The average molecular weight is 276 g/mol. The van der Waals surface area contributed by atoms with Gasteiger partial charge in [0.05, 0.1) is 6.61 Å². The van der Waals surface area contributed by atoms with Gasteiger partial charge in [-0.3, -0.25) is 5.32 Å². The molecule has 20 heavy (non-hydrogen) atoms. The van der Waals surface area contributed by atoms with Gasteiger partial charge in [0.2, 0.25) is 0 Å². The predicted molar refractivity (Wildman–Crippen MR) is 81.2 cm³/mol. The lowest BCUT2D eigenvalue weighted by atomic mass is 9.90. The molecule has 0 spiro atoms. The largest absolute Gasteiger partial charge is 0.449 e. The van der Waals surface area contributed by atoms with Crippen molar-refractivity contribution >= 4 is 11.8 Å². The first-order chi connectivity index (χ1) is 9.79. The van der Waals surface area contributed by atoms with E-state index in [0.29, 0.717) is 12.5 Å². The minimum Gasteiger partial charge on any atom is -0.449 e. The Kier molecular flexibility index (Phi) is 5.87. The summed E-state index contributed by atoms with van der Waals surface area (Å²) in [5, 5.41) is 6.13. The second-order valence-electron chi connectivity index (χ2n) is 5.26. The molecule has 0 aliphatic carbocycles. The van der Waals surface area contributed by atoms with Crippen LogP contribution in [0.1, 0.15) is 44.1 Å². The Hall–Kier alpha value is -1.55. The van der Waals surface area contributed by atoms with Crippen LogP contribution in [0.15, 0.2) is 24.3 Å². The van der Waals surface area contributed by atoms with Gasteiger partial charge >= 0.3 is 6.09 Å². The molecule has 4 nitrogen and oxygen atoms in total. The first-order valence-corrected chi connectivity index (χ1v) is 7.54. The maximum absolute atomic E-state index is 11.5. The SMILES string of the molecule is CCCCOC(=O)Nc1ccc(C2CCNCC2)cc1. The van der Waals surface area contributed by atoms with E-state index in [2.05, 4.69) is 29.7 Å². The summed E-state index contributed by atoms with van der Waals surface area (Å²) in [6, 6.07) is 8.13. The fourth-order valence-corrected chi connectivity index (χ4v) is 2.46. The molecule has 1 aromatic carbocycles. The van der Waals surface area contributed by atoms with Crippen molar-refractivity contribution in [2.45, 2.75) is 38.5 Å². The number of nitrogens with one attached hydrogen (secondary N) is 2. The van der Waals surface area contributed by atoms with Crippen LogP contribution in [0.2, 0.25) is 0 Å². The highest BCUT2D eigenvalue weighted by Gasteiger charge is 2.14. The van der Waals surface area contributed by atoms with Gasteiger partial charge in [-0.15, -0.1) is 0 Å². The van der Waals surface area contributed by atoms with E-state index in [1.54, 1.807) is 0 Å². The van der Waals surface area contributed by atoms with Crippen LogP contribution in [0, 0.1) is 0 Å². The van der Waals surface area contributed by atoms with Crippen molar-refractivity contribution in [3.63, 3.8) is 0 Å². The zero-order valence-electron chi connectivity index (χ0n) is 12.2. The average Bonchev–Trinajstić information content (AvgIpc) is 2.49. The minimum atomic E-state index is -0.368. The maximum Gasteiger partial charge on any atom is 0.411 e. The molecule has 0 unspecified atom stereocenters. The van der Waals surface area contributed by atoms with E-state index in [1.807, 2.05) is 12.1 Å². The van der Waals surface area contributed by atoms with E-state index in [0.717, 1.165) is 31.6 Å². The molecule has 0 saturated carbocycles. The van der Waals surface area contributed by atoms with Crippen molar-refractivity contribution in [3.05, 3.63) is 29.8 Å². The molecule has 2 N–H and O–H groups in total. The van der Waals surface area contributed by atoms with Crippen LogP contribution >= 0.6 is 0 Å². The summed E-state index contributed by atoms with van der Waals surface area (Å²) in [5.74, 6) is 0.641. The molecule has 0 atom stereocenters. The number of ether oxygens (including phenoxy) is 1. The van der Waals surface area contributed by atoms with Gasteiger partial charge in [0.25, 0.3) is 0 Å². The molecule has 0 radical (unpaired) electrons. The summed E-state index contributed by atoms with van der Waals surface area (Å²) >= 11 is 0. The number of hydrogen-bond acceptors (Lipinski definition) is 3. The smallest absolute Gasteiger partial charge is 0.411 e. The van der Waals surface area contributed by atoms with Gasteiger partial charge in [-0.05, 0) is 56.0 Å². The second kappa shape index (κ2) is 7.90. The molecule has 1 saturated heterocycles. The molecule has 4 heteroatoms. The highest BCUT2D eigenvalue weighted by Crippen LogP contribution is 2.26. The maximum atomic E-state index is 11.5. The van der Waals surface area contributed by atoms with Gasteiger partial charge in [-0.2, -0.15) is 0 Å². The molecule has 1 fully saturated rings. The molecular weight excluding hydrogens is 252 g/mol. The molecule has 1 aliphatic heterocycles. The van der Waals surface area contributed by atoms with Gasteiger partial charge in [0.15, 0.2) is 0 Å². The topological polar surface area (TPSA) is 50.4 Å². The Morgan fingerprint density at radius 3 is 2.65 bits per heavy atom. The van der Waals surface area contributed by atoms with Gasteiger partial charge in [0.1, 0.15) is 0 Å². The Morgan fingerprint density at radius 2 is 2.00 bits per heavy atom. The molecule has 0 bridgehead atoms. The van der Waals surface area contributed by atoms with E-state index < -0.39 is 0 Å². The predicted octanol–water partition coefficient (Wildman–Crippen LogP) is 3.50. The number of rotatable bonds is 5. The summed E-state index contributed by atoms with van der Waals surface area (Å²) < 4.78 is 5.07. The summed E-state index contributed by atoms with van der Waals surface area (Å²) in [6.45, 7) is 4.74. The fourth-order valence-electron chi connectivity index (χ4n) is 2.46. The number of amides is 1. The van der Waals surface area contributed by atoms with Crippen LogP contribution < -0.4 is 10.6 Å². The Bertz CT molecular complexity index is 411. The van der Waals surface area contributed by atoms with E-state index >= 15 is 0 Å². The number of piperidine rings is 1. The summed E-state index contributed by atoms with van der Waals surface area (Å²) in [5.41, 5.74) is 2.15. The standard InChI is InChI=1S/C16H24N2O2/c1-2-3-12-20-16(19)18-15-6-4-13(5-7-15)14-8-10-17-11-9-14/h4-7,14,17H,2-3,8-12H2,1H3,(H,18,19). The van der Waals surface area contributed by atoms with E-state index in [9.17, 15) is 4.79 Å². The Morgan fingerprint density at radius 1 is 1.30 bits per heavy atom. The van der Waals surface area contributed by atoms with Gasteiger partial charge in [-0.1, -0.05) is 25.5 Å². The molecule has 1 heterocycles. The third-order valence-corrected chi connectivity index (χ3v) is 3.70. The van der Waals surface area contributed by atoms with Crippen LogP contribution in [-0.4, -0.2) is 25.8 Å². The first kappa shape index (κ1) is 14.9. The van der Waals surface area contributed by atoms with Crippen molar-refractivity contribution in [2.75, 3.05) is 25.0 Å². The Balaban J connectivity index is 1.83. The Labute approximate surface area is 120 Å². The third kappa shape index (κ3) is 4.53. The quantitative estimate of drug-likeness (QED) is 0.809. The monoisotopic (exact) mass is 276 g/mol. The number of carbonyl (C=O) groups is 1. The summed E-state index contributed by atoms with van der Waals surface area (Å²) in [6.07, 6.45) is 3.94. The zero-order chi connectivity index (χ0) is 14.2. The van der Waals surface area contributed by atoms with Crippen LogP contribution in [0.5, 0.6) is 0 Å². The number of hydrogen-bond donors (Lipinski definition) is 2. The van der Waals surface area contributed by atoms with Crippen LogP contribution in [-0.2, 0) is 4.74 Å². The first-order valence-electron chi connectivity index (χ1n) is 7.54. The van der Waals surface area contributed by atoms with E-state index in [4.69, 9.17) is 4.74 Å². The van der Waals surface area contributed by atoms with Crippen molar-refractivity contribution in [1.82, 2.24) is 5.32 Å². The molecule has 1 amide bonds. The highest BCUT2D eigenvalue weighted by molar-refractivity contribution is 5.84. The van der Waals surface area contributed by atoms with Crippen molar-refractivity contribution < 1.29 is 9.53 Å². The molecular formula is C16H24N2O2.